The van der Waals surface area contributed by atoms with E-state index in [0.717, 1.165) is 22.4 Å². The molecule has 1 atom stereocenters. The van der Waals surface area contributed by atoms with E-state index < -0.39 is 0 Å². The van der Waals surface area contributed by atoms with Crippen molar-refractivity contribution in [3.05, 3.63) is 70.7 Å². The number of benzene rings is 2. The Hall–Kier alpha value is -3.06. The second-order valence-corrected chi connectivity index (χ2v) is 8.27. The monoisotopic (exact) mass is 408 g/mol. The topological polar surface area (TPSA) is 70.7 Å². The molecule has 2 N–H and O–H groups in total. The third-order valence-electron chi connectivity index (χ3n) is 4.75. The van der Waals surface area contributed by atoms with Crippen LogP contribution in [-0.4, -0.2) is 20.9 Å². The van der Waals surface area contributed by atoms with Crippen molar-refractivity contribution < 1.29 is 9.18 Å². The number of aromatic amines is 1. The van der Waals surface area contributed by atoms with Gasteiger partial charge in [0.15, 0.2) is 0 Å². The number of nitrogens with one attached hydrogen (secondary N) is 2. The maximum atomic E-state index is 13.2. The van der Waals surface area contributed by atoms with Gasteiger partial charge < -0.3 is 10.3 Å². The fourth-order valence-corrected chi connectivity index (χ4v) is 4.18. The number of H-pyrrole nitrogens is 1. The van der Waals surface area contributed by atoms with Crippen LogP contribution < -0.4 is 5.32 Å². The third kappa shape index (κ3) is 3.91. The van der Waals surface area contributed by atoms with Crippen LogP contribution in [0, 0.1) is 18.7 Å². The van der Waals surface area contributed by atoms with Crippen LogP contribution in [0.5, 0.6) is 0 Å². The molecule has 4 aromatic rings. The van der Waals surface area contributed by atoms with Gasteiger partial charge >= 0.3 is 0 Å². The molecule has 0 fully saturated rings. The minimum atomic E-state index is -0.300. The highest BCUT2D eigenvalue weighted by Crippen LogP contribution is 2.29. The van der Waals surface area contributed by atoms with Crippen LogP contribution in [0.15, 0.2) is 48.5 Å². The van der Waals surface area contributed by atoms with Crippen molar-refractivity contribution in [1.82, 2.24) is 20.3 Å². The Labute approximate surface area is 172 Å². The highest BCUT2D eigenvalue weighted by molar-refractivity contribution is 7.17. The molecule has 7 heteroatoms. The summed E-state index contributed by atoms with van der Waals surface area (Å²) in [5.74, 6) is 0.387. The number of imidazole rings is 1. The van der Waals surface area contributed by atoms with Crippen LogP contribution >= 0.6 is 11.3 Å². The third-order valence-corrected chi connectivity index (χ3v) is 5.95. The Morgan fingerprint density at radius 1 is 1.10 bits per heavy atom. The quantitative estimate of drug-likeness (QED) is 0.473. The van der Waals surface area contributed by atoms with Crippen LogP contribution in [0.3, 0.4) is 0 Å². The second kappa shape index (κ2) is 7.75. The van der Waals surface area contributed by atoms with Crippen molar-refractivity contribution in [2.75, 3.05) is 0 Å². The van der Waals surface area contributed by atoms with Crippen LogP contribution in [0.25, 0.3) is 21.6 Å². The molecule has 148 valence electrons. The summed E-state index contributed by atoms with van der Waals surface area (Å²) in [7, 11) is 0. The zero-order chi connectivity index (χ0) is 20.5. The van der Waals surface area contributed by atoms with Crippen molar-refractivity contribution in [3.63, 3.8) is 0 Å². The Morgan fingerprint density at radius 3 is 2.52 bits per heavy atom. The van der Waals surface area contributed by atoms with Gasteiger partial charge in [-0.1, -0.05) is 26.0 Å². The molecule has 1 unspecified atom stereocenters. The van der Waals surface area contributed by atoms with Crippen molar-refractivity contribution in [2.45, 2.75) is 26.8 Å². The number of para-hydroxylation sites is 2. The average molecular weight is 409 g/mol. The largest absolute Gasteiger partial charge is 0.341 e. The molecule has 5 nitrogen and oxygen atoms in total. The fourth-order valence-electron chi connectivity index (χ4n) is 3.20. The number of halogens is 1. The maximum Gasteiger partial charge on any atom is 0.263 e. The van der Waals surface area contributed by atoms with Gasteiger partial charge in [0, 0.05) is 5.56 Å². The number of amides is 1. The van der Waals surface area contributed by atoms with E-state index in [1.807, 2.05) is 45.0 Å². The first-order valence-corrected chi connectivity index (χ1v) is 10.2. The molecule has 0 aliphatic heterocycles. The predicted molar refractivity (Wildman–Crippen MR) is 113 cm³/mol. The number of rotatable bonds is 5. The number of fused-ring (bicyclic) bond motifs is 1. The molecule has 4 rings (SSSR count). The number of hydrogen-bond donors (Lipinski definition) is 2. The highest BCUT2D eigenvalue weighted by Gasteiger charge is 2.25. The van der Waals surface area contributed by atoms with Crippen LogP contribution in [-0.2, 0) is 0 Å². The molecule has 0 radical (unpaired) electrons. The van der Waals surface area contributed by atoms with Crippen molar-refractivity contribution in [3.8, 4) is 10.6 Å². The number of aryl methyl sites for hydroxylation is 1. The van der Waals surface area contributed by atoms with E-state index in [-0.39, 0.29) is 23.7 Å². The number of aromatic nitrogens is 3. The fraction of sp³-hybridized carbons (Fsp3) is 0.227. The maximum absolute atomic E-state index is 13.2. The lowest BCUT2D eigenvalue weighted by atomic mass is 10.0. The summed E-state index contributed by atoms with van der Waals surface area (Å²) < 4.78 is 13.2. The Morgan fingerprint density at radius 2 is 1.83 bits per heavy atom. The average Bonchev–Trinajstić information content (AvgIpc) is 3.29. The first-order chi connectivity index (χ1) is 13.9. The summed E-state index contributed by atoms with van der Waals surface area (Å²) in [6, 6.07) is 13.7. The molecule has 0 saturated carbocycles. The SMILES string of the molecule is Cc1nc(-c2ccc(F)cc2)sc1C(=O)NC(c1nc2ccccc2[nH]1)C(C)C. The standard InChI is InChI=1S/C22H21FN4OS/c1-12(2)18(20-25-16-6-4-5-7-17(16)26-20)27-21(28)19-13(3)24-22(29-19)14-8-10-15(23)11-9-14/h4-12,18H,1-3H3,(H,25,26)(H,27,28). The van der Waals surface area contributed by atoms with Gasteiger partial charge in [0.1, 0.15) is 21.5 Å². The van der Waals surface area contributed by atoms with Gasteiger partial charge in [-0.25, -0.2) is 14.4 Å². The minimum Gasteiger partial charge on any atom is -0.341 e. The highest BCUT2D eigenvalue weighted by atomic mass is 32.1. The van der Waals surface area contributed by atoms with E-state index in [2.05, 4.69) is 20.3 Å². The Balaban J connectivity index is 1.60. The molecule has 29 heavy (non-hydrogen) atoms. The molecule has 0 aliphatic carbocycles. The summed E-state index contributed by atoms with van der Waals surface area (Å²) in [6.07, 6.45) is 0. The molecular formula is C22H21FN4OS. The number of hydrogen-bond acceptors (Lipinski definition) is 4. The zero-order valence-corrected chi connectivity index (χ0v) is 17.2. The first kappa shape index (κ1) is 19.3. The summed E-state index contributed by atoms with van der Waals surface area (Å²) in [5.41, 5.74) is 3.25. The molecule has 0 bridgehead atoms. The van der Waals surface area contributed by atoms with Gasteiger partial charge in [0.25, 0.3) is 5.91 Å². The normalized spacial score (nSPS) is 12.4. The van der Waals surface area contributed by atoms with E-state index in [0.29, 0.717) is 15.6 Å². The molecule has 1 amide bonds. The molecule has 2 aromatic carbocycles. The van der Waals surface area contributed by atoms with E-state index in [1.54, 1.807) is 12.1 Å². The molecule has 0 saturated heterocycles. The first-order valence-electron chi connectivity index (χ1n) is 9.41. The van der Waals surface area contributed by atoms with Crippen molar-refractivity contribution in [2.24, 2.45) is 5.92 Å². The summed E-state index contributed by atoms with van der Waals surface area (Å²) in [6.45, 7) is 5.90. The van der Waals surface area contributed by atoms with Crippen LogP contribution in [0.2, 0.25) is 0 Å². The number of carbonyl (C=O) groups excluding carboxylic acids is 1. The van der Waals surface area contributed by atoms with Gasteiger partial charge in [-0.3, -0.25) is 4.79 Å². The summed E-state index contributed by atoms with van der Waals surface area (Å²) >= 11 is 1.30. The Kier molecular flexibility index (Phi) is 5.15. The zero-order valence-electron chi connectivity index (χ0n) is 16.4. The lowest BCUT2D eigenvalue weighted by Gasteiger charge is -2.20. The van der Waals surface area contributed by atoms with E-state index >= 15 is 0 Å². The van der Waals surface area contributed by atoms with Crippen LogP contribution in [0.1, 0.15) is 41.1 Å². The van der Waals surface area contributed by atoms with E-state index in [4.69, 9.17) is 0 Å². The molecule has 2 heterocycles. The lowest BCUT2D eigenvalue weighted by Crippen LogP contribution is -2.32. The predicted octanol–water partition coefficient (Wildman–Crippen LogP) is 5.26. The second-order valence-electron chi connectivity index (χ2n) is 7.27. The van der Waals surface area contributed by atoms with E-state index in [9.17, 15) is 9.18 Å². The minimum absolute atomic E-state index is 0.143. The van der Waals surface area contributed by atoms with Crippen LogP contribution in [0.4, 0.5) is 4.39 Å². The van der Waals surface area contributed by atoms with Gasteiger partial charge in [-0.2, -0.15) is 0 Å². The summed E-state index contributed by atoms with van der Waals surface area (Å²) in [5, 5.41) is 3.79. The summed E-state index contributed by atoms with van der Waals surface area (Å²) in [4.78, 5) is 26.0. The molecular weight excluding hydrogens is 387 g/mol. The number of nitrogens with zero attached hydrogens (tertiary/aromatic N) is 2. The molecule has 0 spiro atoms. The van der Waals surface area contributed by atoms with E-state index in [1.165, 1.54) is 23.5 Å². The molecule has 0 aliphatic rings. The van der Waals surface area contributed by atoms with Gasteiger partial charge in [0.2, 0.25) is 0 Å². The molecule has 2 aromatic heterocycles. The van der Waals surface area contributed by atoms with Gasteiger partial charge in [-0.15, -0.1) is 11.3 Å². The number of carbonyl (C=O) groups is 1. The van der Waals surface area contributed by atoms with Gasteiger partial charge in [-0.05, 0) is 49.2 Å². The number of thiazole rings is 1. The lowest BCUT2D eigenvalue weighted by molar-refractivity contribution is 0.0926. The van der Waals surface area contributed by atoms with Crippen molar-refractivity contribution in [1.29, 1.82) is 0 Å². The smallest absolute Gasteiger partial charge is 0.263 e. The van der Waals surface area contributed by atoms with Gasteiger partial charge in [0.05, 0.1) is 22.8 Å². The Bertz CT molecular complexity index is 1130. The van der Waals surface area contributed by atoms with Crippen molar-refractivity contribution >= 4 is 28.3 Å².